The van der Waals surface area contributed by atoms with Crippen molar-refractivity contribution < 1.29 is 9.90 Å². The van der Waals surface area contributed by atoms with Crippen LogP contribution in [0.2, 0.25) is 0 Å². The molecular formula is C20H26N2O2. The van der Waals surface area contributed by atoms with E-state index >= 15 is 0 Å². The molecule has 1 aromatic carbocycles. The second-order valence-electron chi connectivity index (χ2n) is 6.16. The maximum Gasteiger partial charge on any atom is 0.244 e. The Hall–Kier alpha value is -2.20. The van der Waals surface area contributed by atoms with Crippen LogP contribution >= 0.6 is 0 Å². The van der Waals surface area contributed by atoms with Crippen LogP contribution in [0.5, 0.6) is 0 Å². The number of benzene rings is 1. The van der Waals surface area contributed by atoms with Crippen molar-refractivity contribution in [2.75, 3.05) is 13.2 Å². The Morgan fingerprint density at radius 2 is 1.96 bits per heavy atom. The van der Waals surface area contributed by atoms with Gasteiger partial charge < -0.3 is 10.4 Å². The van der Waals surface area contributed by atoms with Crippen LogP contribution in [0.25, 0.3) is 17.0 Å². The smallest absolute Gasteiger partial charge is 0.244 e. The summed E-state index contributed by atoms with van der Waals surface area (Å²) in [5, 5.41) is 13.3. The van der Waals surface area contributed by atoms with Crippen molar-refractivity contribution in [2.45, 2.75) is 33.1 Å². The SMILES string of the molecule is CCC(CC)(CCO)CNC(=O)/C=C/c1ccc2ccccc2n1. The second kappa shape index (κ2) is 8.60. The molecule has 0 saturated carbocycles. The molecule has 0 radical (unpaired) electrons. The number of pyridine rings is 1. The maximum absolute atomic E-state index is 12.1. The molecule has 0 fully saturated rings. The number of aliphatic hydroxyl groups is 1. The molecule has 1 amide bonds. The monoisotopic (exact) mass is 326 g/mol. The number of hydrogen-bond acceptors (Lipinski definition) is 3. The average molecular weight is 326 g/mol. The summed E-state index contributed by atoms with van der Waals surface area (Å²) in [5.41, 5.74) is 1.65. The number of aliphatic hydroxyl groups excluding tert-OH is 1. The molecule has 4 nitrogen and oxygen atoms in total. The first-order valence-electron chi connectivity index (χ1n) is 8.55. The van der Waals surface area contributed by atoms with E-state index in [0.717, 1.165) is 29.4 Å². The van der Waals surface area contributed by atoms with E-state index in [-0.39, 0.29) is 17.9 Å². The molecule has 24 heavy (non-hydrogen) atoms. The minimum absolute atomic E-state index is 0.0283. The van der Waals surface area contributed by atoms with Crippen LogP contribution in [0.4, 0.5) is 0 Å². The van der Waals surface area contributed by atoms with Gasteiger partial charge in [-0.15, -0.1) is 0 Å². The summed E-state index contributed by atoms with van der Waals surface area (Å²) in [5.74, 6) is -0.130. The number of aromatic nitrogens is 1. The van der Waals surface area contributed by atoms with E-state index in [1.165, 1.54) is 6.08 Å². The normalized spacial score (nSPS) is 12.0. The summed E-state index contributed by atoms with van der Waals surface area (Å²) in [7, 11) is 0. The van der Waals surface area contributed by atoms with Gasteiger partial charge in [0, 0.05) is 24.6 Å². The van der Waals surface area contributed by atoms with Gasteiger partial charge in [0.1, 0.15) is 0 Å². The second-order valence-corrected chi connectivity index (χ2v) is 6.16. The van der Waals surface area contributed by atoms with Crippen LogP contribution in [0.15, 0.2) is 42.5 Å². The van der Waals surface area contributed by atoms with Gasteiger partial charge in [0.2, 0.25) is 5.91 Å². The van der Waals surface area contributed by atoms with Gasteiger partial charge >= 0.3 is 0 Å². The first kappa shape index (κ1) is 18.1. The van der Waals surface area contributed by atoms with E-state index in [4.69, 9.17) is 0 Å². The van der Waals surface area contributed by atoms with E-state index in [9.17, 15) is 9.90 Å². The number of carbonyl (C=O) groups is 1. The third kappa shape index (κ3) is 4.65. The van der Waals surface area contributed by atoms with Gasteiger partial charge in [0.15, 0.2) is 0 Å². The van der Waals surface area contributed by atoms with Crippen molar-refractivity contribution in [3.63, 3.8) is 0 Å². The summed E-state index contributed by atoms with van der Waals surface area (Å²) < 4.78 is 0. The fraction of sp³-hybridized carbons (Fsp3) is 0.400. The molecule has 1 aromatic heterocycles. The quantitative estimate of drug-likeness (QED) is 0.729. The third-order valence-corrected chi connectivity index (χ3v) is 4.81. The number of fused-ring (bicyclic) bond motifs is 1. The standard InChI is InChI=1S/C20H26N2O2/c1-3-20(4-2,13-14-23)15-21-19(24)12-11-17-10-9-16-7-5-6-8-18(16)22-17/h5-12,23H,3-4,13-15H2,1-2H3,(H,21,24)/b12-11+. The van der Waals surface area contributed by atoms with Crippen LogP contribution in [-0.2, 0) is 4.79 Å². The van der Waals surface area contributed by atoms with Crippen molar-refractivity contribution in [3.05, 3.63) is 48.2 Å². The number of carbonyl (C=O) groups excluding carboxylic acids is 1. The summed E-state index contributed by atoms with van der Waals surface area (Å²) in [6, 6.07) is 11.8. The lowest BCUT2D eigenvalue weighted by atomic mass is 9.79. The highest BCUT2D eigenvalue weighted by molar-refractivity contribution is 5.91. The Kier molecular flexibility index (Phi) is 6.50. The molecule has 0 atom stereocenters. The Labute approximate surface area is 143 Å². The van der Waals surface area contributed by atoms with Crippen LogP contribution in [-0.4, -0.2) is 29.1 Å². The van der Waals surface area contributed by atoms with Gasteiger partial charge in [0.25, 0.3) is 0 Å². The van der Waals surface area contributed by atoms with Crippen LogP contribution < -0.4 is 5.32 Å². The molecule has 0 aliphatic heterocycles. The van der Waals surface area contributed by atoms with E-state index < -0.39 is 0 Å². The lowest BCUT2D eigenvalue weighted by molar-refractivity contribution is -0.117. The van der Waals surface area contributed by atoms with Crippen molar-refractivity contribution >= 4 is 22.9 Å². The number of para-hydroxylation sites is 1. The van der Waals surface area contributed by atoms with Crippen LogP contribution in [0, 0.1) is 5.41 Å². The number of hydrogen-bond donors (Lipinski definition) is 2. The van der Waals surface area contributed by atoms with Gasteiger partial charge in [-0.05, 0) is 42.9 Å². The molecule has 1 heterocycles. The molecule has 128 valence electrons. The minimum Gasteiger partial charge on any atom is -0.396 e. The predicted octanol–water partition coefficient (Wildman–Crippen LogP) is 3.55. The van der Waals surface area contributed by atoms with Crippen LogP contribution in [0.1, 0.15) is 38.8 Å². The van der Waals surface area contributed by atoms with E-state index in [2.05, 4.69) is 24.1 Å². The maximum atomic E-state index is 12.1. The molecule has 0 spiro atoms. The summed E-state index contributed by atoms with van der Waals surface area (Å²) in [6.07, 6.45) is 5.82. The fourth-order valence-corrected chi connectivity index (χ4v) is 2.85. The molecule has 2 N–H and O–H groups in total. The molecule has 0 unspecified atom stereocenters. The van der Waals surface area contributed by atoms with Gasteiger partial charge in [0.05, 0.1) is 11.2 Å². The largest absolute Gasteiger partial charge is 0.396 e. The first-order chi connectivity index (χ1) is 11.6. The highest BCUT2D eigenvalue weighted by Gasteiger charge is 2.25. The Bertz CT molecular complexity index is 706. The van der Waals surface area contributed by atoms with Crippen molar-refractivity contribution in [1.82, 2.24) is 10.3 Å². The molecule has 2 rings (SSSR count). The Morgan fingerprint density at radius 3 is 2.67 bits per heavy atom. The highest BCUT2D eigenvalue weighted by atomic mass is 16.3. The van der Waals surface area contributed by atoms with Crippen molar-refractivity contribution in [3.8, 4) is 0 Å². The number of nitrogens with zero attached hydrogens (tertiary/aromatic N) is 1. The van der Waals surface area contributed by atoms with Gasteiger partial charge in [-0.2, -0.15) is 0 Å². The lowest BCUT2D eigenvalue weighted by Gasteiger charge is -2.31. The number of nitrogens with one attached hydrogen (secondary N) is 1. The summed E-state index contributed by atoms with van der Waals surface area (Å²) in [6.45, 7) is 4.92. The van der Waals surface area contributed by atoms with Crippen molar-refractivity contribution in [1.29, 1.82) is 0 Å². The van der Waals surface area contributed by atoms with Crippen LogP contribution in [0.3, 0.4) is 0 Å². The Balaban J connectivity index is 1.98. The molecule has 0 saturated heterocycles. The zero-order valence-electron chi connectivity index (χ0n) is 14.5. The first-order valence-corrected chi connectivity index (χ1v) is 8.55. The van der Waals surface area contributed by atoms with E-state index in [0.29, 0.717) is 13.0 Å². The van der Waals surface area contributed by atoms with E-state index in [1.807, 2.05) is 36.4 Å². The highest BCUT2D eigenvalue weighted by Crippen LogP contribution is 2.29. The lowest BCUT2D eigenvalue weighted by Crippen LogP contribution is -2.37. The van der Waals surface area contributed by atoms with Gasteiger partial charge in [-0.25, -0.2) is 4.98 Å². The zero-order valence-corrected chi connectivity index (χ0v) is 14.5. The summed E-state index contributed by atoms with van der Waals surface area (Å²) in [4.78, 5) is 16.6. The zero-order chi connectivity index (χ0) is 17.4. The molecule has 0 aliphatic carbocycles. The van der Waals surface area contributed by atoms with Gasteiger partial charge in [-0.1, -0.05) is 38.1 Å². The third-order valence-electron chi connectivity index (χ3n) is 4.81. The molecule has 4 heteroatoms. The van der Waals surface area contributed by atoms with Gasteiger partial charge in [-0.3, -0.25) is 4.79 Å². The topological polar surface area (TPSA) is 62.2 Å². The fourth-order valence-electron chi connectivity index (χ4n) is 2.85. The molecule has 2 aromatic rings. The average Bonchev–Trinajstić information content (AvgIpc) is 2.63. The molecule has 0 bridgehead atoms. The Morgan fingerprint density at radius 1 is 1.21 bits per heavy atom. The number of rotatable bonds is 8. The van der Waals surface area contributed by atoms with Crippen molar-refractivity contribution in [2.24, 2.45) is 5.41 Å². The molecular weight excluding hydrogens is 300 g/mol. The summed E-state index contributed by atoms with van der Waals surface area (Å²) >= 11 is 0. The predicted molar refractivity (Wildman–Crippen MR) is 98.5 cm³/mol. The molecule has 0 aliphatic rings. The van der Waals surface area contributed by atoms with E-state index in [1.54, 1.807) is 6.08 Å². The minimum atomic E-state index is -0.130. The number of amides is 1.